The highest BCUT2D eigenvalue weighted by Crippen LogP contribution is 2.20. The van der Waals surface area contributed by atoms with E-state index in [0.29, 0.717) is 11.6 Å². The number of rotatable bonds is 8. The van der Waals surface area contributed by atoms with Gasteiger partial charge in [0.05, 0.1) is 6.61 Å². The Morgan fingerprint density at radius 3 is 2.50 bits per heavy atom. The number of cyclic esters (lactones) is 1. The van der Waals surface area contributed by atoms with Crippen molar-refractivity contribution < 1.29 is 14.3 Å². The highest BCUT2D eigenvalue weighted by Gasteiger charge is 2.23. The second kappa shape index (κ2) is 8.99. The van der Waals surface area contributed by atoms with Gasteiger partial charge in [0.2, 0.25) is 5.90 Å². The Hall–Kier alpha value is -2.88. The number of esters is 1. The Bertz CT molecular complexity index is 792. The van der Waals surface area contributed by atoms with Crippen LogP contribution in [0.1, 0.15) is 43.7 Å². The predicted molar refractivity (Wildman–Crippen MR) is 103 cm³/mol. The molecule has 1 aliphatic rings. The van der Waals surface area contributed by atoms with Crippen LogP contribution >= 0.6 is 0 Å². The molecule has 1 aliphatic heterocycles. The second-order valence-corrected chi connectivity index (χ2v) is 6.18. The smallest absolute Gasteiger partial charge is 0.363 e. The molecule has 0 unspecified atom stereocenters. The number of unbranched alkanes of at least 4 members (excludes halogenated alkanes) is 3. The van der Waals surface area contributed by atoms with Crippen LogP contribution in [0.5, 0.6) is 5.75 Å². The fourth-order valence-corrected chi connectivity index (χ4v) is 2.65. The third-order valence-corrected chi connectivity index (χ3v) is 4.09. The van der Waals surface area contributed by atoms with Gasteiger partial charge in [0, 0.05) is 5.56 Å². The van der Waals surface area contributed by atoms with Gasteiger partial charge in [-0.05, 0) is 42.3 Å². The molecule has 4 nitrogen and oxygen atoms in total. The normalized spacial score (nSPS) is 15.0. The number of benzene rings is 2. The molecule has 2 aromatic rings. The summed E-state index contributed by atoms with van der Waals surface area (Å²) in [6.45, 7) is 2.93. The Balaban J connectivity index is 1.62. The minimum Gasteiger partial charge on any atom is -0.494 e. The number of aliphatic imine (C=N–C) groups is 1. The van der Waals surface area contributed by atoms with Crippen LogP contribution in [0.25, 0.3) is 6.08 Å². The van der Waals surface area contributed by atoms with E-state index in [-0.39, 0.29) is 0 Å². The van der Waals surface area contributed by atoms with Gasteiger partial charge in [0.15, 0.2) is 5.70 Å². The van der Waals surface area contributed by atoms with Crippen LogP contribution in [-0.4, -0.2) is 18.5 Å². The lowest BCUT2D eigenvalue weighted by Gasteiger charge is -2.06. The third-order valence-electron chi connectivity index (χ3n) is 4.09. The Morgan fingerprint density at radius 2 is 1.77 bits per heavy atom. The monoisotopic (exact) mass is 349 g/mol. The number of carbonyl (C=O) groups is 1. The van der Waals surface area contributed by atoms with Crippen LogP contribution in [0, 0.1) is 0 Å². The Morgan fingerprint density at radius 1 is 1.00 bits per heavy atom. The third kappa shape index (κ3) is 4.82. The topological polar surface area (TPSA) is 47.9 Å². The molecule has 4 heteroatoms. The number of carbonyl (C=O) groups excluding carboxylic acids is 1. The molecule has 26 heavy (non-hydrogen) atoms. The minimum atomic E-state index is -0.430. The van der Waals surface area contributed by atoms with Gasteiger partial charge >= 0.3 is 5.97 Å². The van der Waals surface area contributed by atoms with Crippen LogP contribution in [0.3, 0.4) is 0 Å². The summed E-state index contributed by atoms with van der Waals surface area (Å²) in [4.78, 5) is 16.3. The van der Waals surface area contributed by atoms with Crippen LogP contribution in [-0.2, 0) is 9.53 Å². The lowest BCUT2D eigenvalue weighted by Crippen LogP contribution is -2.04. The van der Waals surface area contributed by atoms with Crippen LogP contribution in [0.15, 0.2) is 65.3 Å². The summed E-state index contributed by atoms with van der Waals surface area (Å²) in [6, 6.07) is 17.1. The van der Waals surface area contributed by atoms with Gasteiger partial charge in [0.1, 0.15) is 5.75 Å². The van der Waals surface area contributed by atoms with Gasteiger partial charge in [0.25, 0.3) is 0 Å². The molecule has 0 saturated carbocycles. The van der Waals surface area contributed by atoms with E-state index in [1.165, 1.54) is 19.3 Å². The van der Waals surface area contributed by atoms with Crippen molar-refractivity contribution in [1.82, 2.24) is 0 Å². The molecule has 1 heterocycles. The average Bonchev–Trinajstić information content (AvgIpc) is 3.04. The number of hydrogen-bond donors (Lipinski definition) is 0. The number of nitrogens with zero attached hydrogens (tertiary/aromatic N) is 1. The molecule has 0 atom stereocenters. The maximum absolute atomic E-state index is 12.0. The zero-order valence-corrected chi connectivity index (χ0v) is 15.0. The molecule has 0 bridgehead atoms. The maximum Gasteiger partial charge on any atom is 0.363 e. The molecule has 0 aliphatic carbocycles. The van der Waals surface area contributed by atoms with Gasteiger partial charge in [-0.2, -0.15) is 0 Å². The van der Waals surface area contributed by atoms with Gasteiger partial charge in [-0.1, -0.05) is 56.5 Å². The van der Waals surface area contributed by atoms with Gasteiger partial charge in [-0.3, -0.25) is 0 Å². The van der Waals surface area contributed by atoms with Crippen molar-refractivity contribution in [3.63, 3.8) is 0 Å². The molecule has 0 radical (unpaired) electrons. The molecule has 0 fully saturated rings. The highest BCUT2D eigenvalue weighted by atomic mass is 16.6. The van der Waals surface area contributed by atoms with Crippen molar-refractivity contribution >= 4 is 17.9 Å². The molecule has 134 valence electrons. The summed E-state index contributed by atoms with van der Waals surface area (Å²) in [5.74, 6) is 0.750. The number of hydrogen-bond acceptors (Lipinski definition) is 4. The van der Waals surface area contributed by atoms with Crippen molar-refractivity contribution in [2.75, 3.05) is 6.61 Å². The first-order valence-electron chi connectivity index (χ1n) is 9.07. The van der Waals surface area contributed by atoms with Crippen LogP contribution in [0.2, 0.25) is 0 Å². The standard InChI is InChI=1S/C22H23NO3/c1-2-3-4-8-15-25-19-13-11-17(12-14-19)16-20-22(24)26-21(23-20)18-9-6-5-7-10-18/h5-7,9-14,16H,2-4,8,15H2,1H3/b20-16+. The lowest BCUT2D eigenvalue weighted by atomic mass is 10.2. The first-order valence-corrected chi connectivity index (χ1v) is 9.07. The lowest BCUT2D eigenvalue weighted by molar-refractivity contribution is -0.129. The molecular formula is C22H23NO3. The van der Waals surface area contributed by atoms with E-state index in [4.69, 9.17) is 9.47 Å². The van der Waals surface area contributed by atoms with E-state index in [2.05, 4.69) is 11.9 Å². The van der Waals surface area contributed by atoms with E-state index < -0.39 is 5.97 Å². The summed E-state index contributed by atoms with van der Waals surface area (Å²) in [7, 11) is 0. The average molecular weight is 349 g/mol. The first-order chi connectivity index (χ1) is 12.8. The second-order valence-electron chi connectivity index (χ2n) is 6.18. The van der Waals surface area contributed by atoms with E-state index in [1.807, 2.05) is 54.6 Å². The summed E-state index contributed by atoms with van der Waals surface area (Å²) in [6.07, 6.45) is 6.47. The van der Waals surface area contributed by atoms with Gasteiger partial charge in [-0.15, -0.1) is 0 Å². The minimum absolute atomic E-state index is 0.303. The molecule has 0 spiro atoms. The molecule has 0 saturated heterocycles. The number of ether oxygens (including phenoxy) is 2. The summed E-state index contributed by atoms with van der Waals surface area (Å²) in [5, 5.41) is 0. The molecule has 2 aromatic carbocycles. The van der Waals surface area contributed by atoms with Crippen molar-refractivity contribution in [3.8, 4) is 5.75 Å². The zero-order chi connectivity index (χ0) is 18.2. The predicted octanol–water partition coefficient (Wildman–Crippen LogP) is 4.99. The van der Waals surface area contributed by atoms with Crippen molar-refractivity contribution in [2.24, 2.45) is 4.99 Å². The van der Waals surface area contributed by atoms with E-state index in [1.54, 1.807) is 6.08 Å². The van der Waals surface area contributed by atoms with Crippen molar-refractivity contribution in [3.05, 3.63) is 71.4 Å². The van der Waals surface area contributed by atoms with Crippen molar-refractivity contribution in [1.29, 1.82) is 0 Å². The van der Waals surface area contributed by atoms with Crippen molar-refractivity contribution in [2.45, 2.75) is 32.6 Å². The molecular weight excluding hydrogens is 326 g/mol. The summed E-state index contributed by atoms with van der Waals surface area (Å²) >= 11 is 0. The molecule has 0 N–H and O–H groups in total. The Labute approximate surface area is 154 Å². The molecule has 0 aromatic heterocycles. The first kappa shape index (κ1) is 17.9. The molecule has 0 amide bonds. The summed E-state index contributed by atoms with van der Waals surface area (Å²) < 4.78 is 11.0. The highest BCUT2D eigenvalue weighted by molar-refractivity contribution is 6.12. The van der Waals surface area contributed by atoms with Crippen LogP contribution < -0.4 is 4.74 Å². The van der Waals surface area contributed by atoms with E-state index in [0.717, 1.165) is 29.9 Å². The largest absolute Gasteiger partial charge is 0.494 e. The fourth-order valence-electron chi connectivity index (χ4n) is 2.65. The maximum atomic E-state index is 12.0. The SMILES string of the molecule is CCCCCCOc1ccc(/C=C2/N=C(c3ccccc3)OC2=O)cc1. The van der Waals surface area contributed by atoms with Gasteiger partial charge < -0.3 is 9.47 Å². The summed E-state index contributed by atoms with van der Waals surface area (Å²) in [5.41, 5.74) is 1.97. The quantitative estimate of drug-likeness (QED) is 0.383. The molecule has 3 rings (SSSR count). The Kier molecular flexibility index (Phi) is 6.20. The van der Waals surface area contributed by atoms with E-state index >= 15 is 0 Å². The van der Waals surface area contributed by atoms with Crippen LogP contribution in [0.4, 0.5) is 0 Å². The zero-order valence-electron chi connectivity index (χ0n) is 15.0. The van der Waals surface area contributed by atoms with E-state index in [9.17, 15) is 4.79 Å². The fraction of sp³-hybridized carbons (Fsp3) is 0.273. The van der Waals surface area contributed by atoms with Gasteiger partial charge in [-0.25, -0.2) is 9.79 Å².